The number of carbonyl (C=O) groups is 2. The minimum atomic E-state index is -0.769. The molecule has 2 aliphatic rings. The average Bonchev–Trinajstić information content (AvgIpc) is 2.57. The summed E-state index contributed by atoms with van der Waals surface area (Å²) in [5.41, 5.74) is 0.308. The zero-order chi connectivity index (χ0) is 15.6. The van der Waals surface area contributed by atoms with Crippen LogP contribution in [0.2, 0.25) is 0 Å². The normalized spacial score (nSPS) is 24.4. The van der Waals surface area contributed by atoms with Crippen molar-refractivity contribution in [2.45, 2.75) is 46.5 Å². The Kier molecular flexibility index (Phi) is 4.79. The summed E-state index contributed by atoms with van der Waals surface area (Å²) in [7, 11) is 0. The zero-order valence-electron chi connectivity index (χ0n) is 13.5. The molecule has 0 aromatic heterocycles. The van der Waals surface area contributed by atoms with E-state index in [-0.39, 0.29) is 18.4 Å². The van der Waals surface area contributed by atoms with E-state index in [4.69, 9.17) is 5.11 Å². The molecule has 0 aromatic carbocycles. The van der Waals surface area contributed by atoms with E-state index in [0.29, 0.717) is 24.4 Å². The Hall–Kier alpha value is -1.26. The van der Waals surface area contributed by atoms with Crippen molar-refractivity contribution in [1.29, 1.82) is 0 Å². The smallest absolute Gasteiger partial charge is 0.320 e. The zero-order valence-corrected chi connectivity index (χ0v) is 13.5. The molecule has 2 amide bonds. The van der Waals surface area contributed by atoms with E-state index in [9.17, 15) is 9.59 Å². The Balaban J connectivity index is 1.81. The van der Waals surface area contributed by atoms with Gasteiger partial charge in [-0.05, 0) is 30.6 Å². The number of rotatable bonds is 2. The number of likely N-dealkylation sites (tertiary alicyclic amines) is 2. The molecule has 5 heteroatoms. The summed E-state index contributed by atoms with van der Waals surface area (Å²) in [6.07, 6.45) is 3.51. The van der Waals surface area contributed by atoms with Gasteiger partial charge >= 0.3 is 12.0 Å². The van der Waals surface area contributed by atoms with E-state index in [1.165, 1.54) is 6.42 Å². The molecule has 2 fully saturated rings. The first-order valence-electron chi connectivity index (χ1n) is 8.03. The number of carboxylic acid groups (broad SMARTS) is 1. The van der Waals surface area contributed by atoms with Gasteiger partial charge in [-0.15, -0.1) is 0 Å². The van der Waals surface area contributed by atoms with Gasteiger partial charge in [-0.3, -0.25) is 4.79 Å². The van der Waals surface area contributed by atoms with Crippen LogP contribution >= 0.6 is 0 Å². The first-order chi connectivity index (χ1) is 9.77. The molecule has 21 heavy (non-hydrogen) atoms. The highest BCUT2D eigenvalue weighted by atomic mass is 16.4. The summed E-state index contributed by atoms with van der Waals surface area (Å²) in [6.45, 7) is 9.71. The van der Waals surface area contributed by atoms with E-state index < -0.39 is 5.97 Å². The maximum Gasteiger partial charge on any atom is 0.320 e. The molecule has 0 bridgehead atoms. The molecule has 0 aliphatic carbocycles. The standard InChI is InChI=1S/C16H28N2O3/c1-16(2,3)13-5-4-7-17(8-6-13)15(21)18-10-12(11-18)9-14(19)20/h12-13H,4-11H2,1-3H3,(H,19,20). The van der Waals surface area contributed by atoms with Crippen molar-refractivity contribution in [3.8, 4) is 0 Å². The van der Waals surface area contributed by atoms with E-state index in [1.807, 2.05) is 4.90 Å². The highest BCUT2D eigenvalue weighted by molar-refractivity contribution is 5.76. The Labute approximate surface area is 127 Å². The molecule has 5 nitrogen and oxygen atoms in total. The number of carbonyl (C=O) groups excluding carboxylic acids is 1. The fourth-order valence-corrected chi connectivity index (χ4v) is 3.46. The predicted molar refractivity (Wildman–Crippen MR) is 81.1 cm³/mol. The number of amides is 2. The Morgan fingerprint density at radius 2 is 1.76 bits per heavy atom. The minimum absolute atomic E-state index is 0.103. The SMILES string of the molecule is CC(C)(C)C1CCCN(C(=O)N2CC(CC(=O)O)C2)CC1. The van der Waals surface area contributed by atoms with Gasteiger partial charge in [-0.25, -0.2) is 4.79 Å². The lowest BCUT2D eigenvalue weighted by molar-refractivity contribution is -0.139. The van der Waals surface area contributed by atoms with Crippen LogP contribution in [0.4, 0.5) is 4.79 Å². The third-order valence-electron chi connectivity index (χ3n) is 4.91. The van der Waals surface area contributed by atoms with Crippen molar-refractivity contribution in [2.24, 2.45) is 17.3 Å². The molecule has 0 radical (unpaired) electrons. The molecule has 2 rings (SSSR count). The summed E-state index contributed by atoms with van der Waals surface area (Å²) in [5.74, 6) is 0.0436. The number of nitrogens with zero attached hydrogens (tertiary/aromatic N) is 2. The van der Waals surface area contributed by atoms with Gasteiger partial charge in [-0.2, -0.15) is 0 Å². The van der Waals surface area contributed by atoms with Gasteiger partial charge in [-0.1, -0.05) is 20.8 Å². The topological polar surface area (TPSA) is 60.9 Å². The van der Waals surface area contributed by atoms with Gasteiger partial charge in [0.1, 0.15) is 0 Å². The minimum Gasteiger partial charge on any atom is -0.481 e. The second kappa shape index (κ2) is 6.24. The average molecular weight is 296 g/mol. The lowest BCUT2D eigenvalue weighted by atomic mass is 9.77. The van der Waals surface area contributed by atoms with Crippen LogP contribution in [-0.2, 0) is 4.79 Å². The largest absolute Gasteiger partial charge is 0.481 e. The van der Waals surface area contributed by atoms with Crippen LogP contribution in [0.1, 0.15) is 46.5 Å². The lowest BCUT2D eigenvalue weighted by Gasteiger charge is -2.41. The van der Waals surface area contributed by atoms with E-state index in [2.05, 4.69) is 20.8 Å². The third-order valence-corrected chi connectivity index (χ3v) is 4.91. The number of urea groups is 1. The summed E-state index contributed by atoms with van der Waals surface area (Å²) in [6, 6.07) is 0.103. The monoisotopic (exact) mass is 296 g/mol. The number of hydrogen-bond donors (Lipinski definition) is 1. The maximum atomic E-state index is 12.4. The molecular formula is C16H28N2O3. The van der Waals surface area contributed by atoms with Crippen molar-refractivity contribution < 1.29 is 14.7 Å². The molecule has 2 aliphatic heterocycles. The Morgan fingerprint density at radius 1 is 1.10 bits per heavy atom. The van der Waals surface area contributed by atoms with Crippen LogP contribution in [0, 0.1) is 17.3 Å². The molecule has 1 unspecified atom stereocenters. The number of carboxylic acids is 1. The highest BCUT2D eigenvalue weighted by Crippen LogP contribution is 2.34. The van der Waals surface area contributed by atoms with E-state index in [0.717, 1.165) is 25.9 Å². The van der Waals surface area contributed by atoms with Crippen LogP contribution in [0.3, 0.4) is 0 Å². The Morgan fingerprint density at radius 3 is 2.33 bits per heavy atom. The van der Waals surface area contributed by atoms with Gasteiger partial charge in [0.2, 0.25) is 0 Å². The van der Waals surface area contributed by atoms with E-state index in [1.54, 1.807) is 4.90 Å². The van der Waals surface area contributed by atoms with Crippen LogP contribution in [-0.4, -0.2) is 53.1 Å². The van der Waals surface area contributed by atoms with Gasteiger partial charge in [0.15, 0.2) is 0 Å². The summed E-state index contributed by atoms with van der Waals surface area (Å²) in [4.78, 5) is 26.8. The van der Waals surface area contributed by atoms with Crippen LogP contribution in [0.15, 0.2) is 0 Å². The number of aliphatic carboxylic acids is 1. The molecule has 2 saturated heterocycles. The molecule has 0 spiro atoms. The second-order valence-corrected chi connectivity index (χ2v) is 7.63. The number of hydrogen-bond acceptors (Lipinski definition) is 2. The first kappa shape index (κ1) is 16.1. The first-order valence-corrected chi connectivity index (χ1v) is 8.03. The fourth-order valence-electron chi connectivity index (χ4n) is 3.46. The quantitative estimate of drug-likeness (QED) is 0.852. The van der Waals surface area contributed by atoms with Gasteiger partial charge in [0, 0.05) is 32.1 Å². The van der Waals surface area contributed by atoms with Gasteiger partial charge in [0.05, 0.1) is 6.42 Å². The summed E-state index contributed by atoms with van der Waals surface area (Å²) < 4.78 is 0. The predicted octanol–water partition coefficient (Wildman–Crippen LogP) is 2.66. The molecular weight excluding hydrogens is 268 g/mol. The molecule has 0 saturated carbocycles. The molecule has 1 atom stereocenters. The Bertz CT molecular complexity index is 397. The van der Waals surface area contributed by atoms with Crippen molar-refractivity contribution in [1.82, 2.24) is 9.80 Å². The molecule has 120 valence electrons. The second-order valence-electron chi connectivity index (χ2n) is 7.63. The molecule has 1 N–H and O–H groups in total. The van der Waals surface area contributed by atoms with Gasteiger partial charge in [0.25, 0.3) is 0 Å². The highest BCUT2D eigenvalue weighted by Gasteiger charge is 2.35. The van der Waals surface area contributed by atoms with Crippen molar-refractivity contribution in [2.75, 3.05) is 26.2 Å². The van der Waals surface area contributed by atoms with Crippen molar-refractivity contribution in [3.63, 3.8) is 0 Å². The summed E-state index contributed by atoms with van der Waals surface area (Å²) in [5, 5.41) is 8.75. The third kappa shape index (κ3) is 4.11. The van der Waals surface area contributed by atoms with E-state index >= 15 is 0 Å². The lowest BCUT2D eigenvalue weighted by Crippen LogP contribution is -2.55. The van der Waals surface area contributed by atoms with Crippen LogP contribution in [0.25, 0.3) is 0 Å². The van der Waals surface area contributed by atoms with Crippen molar-refractivity contribution >= 4 is 12.0 Å². The van der Waals surface area contributed by atoms with Crippen LogP contribution in [0.5, 0.6) is 0 Å². The van der Waals surface area contributed by atoms with Crippen LogP contribution < -0.4 is 0 Å². The van der Waals surface area contributed by atoms with Crippen molar-refractivity contribution in [3.05, 3.63) is 0 Å². The fraction of sp³-hybridized carbons (Fsp3) is 0.875. The van der Waals surface area contributed by atoms with Gasteiger partial charge < -0.3 is 14.9 Å². The molecule has 0 aromatic rings. The summed E-state index contributed by atoms with van der Waals surface area (Å²) >= 11 is 0. The maximum absolute atomic E-state index is 12.4. The molecule has 2 heterocycles.